The van der Waals surface area contributed by atoms with Crippen molar-refractivity contribution in [3.63, 3.8) is 0 Å². The van der Waals surface area contributed by atoms with E-state index in [0.29, 0.717) is 22.9 Å². The van der Waals surface area contributed by atoms with E-state index in [1.807, 2.05) is 6.07 Å². The number of hydrogen-bond acceptors (Lipinski definition) is 2. The second-order valence-corrected chi connectivity index (χ2v) is 4.71. The van der Waals surface area contributed by atoms with Crippen LogP contribution in [0.2, 0.25) is 5.02 Å². The quantitative estimate of drug-likeness (QED) is 0.751. The van der Waals surface area contributed by atoms with Crippen LogP contribution in [0, 0.1) is 0 Å². The third kappa shape index (κ3) is 2.58. The van der Waals surface area contributed by atoms with Gasteiger partial charge in [-0.25, -0.2) is 0 Å². The molecule has 1 aromatic carbocycles. The van der Waals surface area contributed by atoms with Crippen LogP contribution in [0.3, 0.4) is 0 Å². The summed E-state index contributed by atoms with van der Waals surface area (Å²) in [6.45, 7) is 0. The zero-order valence-electron chi connectivity index (χ0n) is 9.03. The molecule has 3 nitrogen and oxygen atoms in total. The average molecular weight is 274 g/mol. The molecule has 17 heavy (non-hydrogen) atoms. The Morgan fingerprint density at radius 3 is 2.76 bits per heavy atom. The van der Waals surface area contributed by atoms with E-state index in [1.54, 1.807) is 18.3 Å². The molecule has 0 fully saturated rings. The SMILES string of the molecule is OC(CCCl)C(O)c1cc2cc[nH]c2cc1Cl. The summed E-state index contributed by atoms with van der Waals surface area (Å²) in [6.07, 6.45) is 0.207. The van der Waals surface area contributed by atoms with Gasteiger partial charge in [0.1, 0.15) is 6.10 Å². The third-order valence-corrected chi connectivity index (χ3v) is 3.30. The molecular weight excluding hydrogens is 261 g/mol. The number of aliphatic hydroxyl groups is 2. The Bertz CT molecular complexity index is 512. The number of nitrogens with one attached hydrogen (secondary N) is 1. The van der Waals surface area contributed by atoms with Gasteiger partial charge in [-0.1, -0.05) is 11.6 Å². The van der Waals surface area contributed by atoms with Crippen molar-refractivity contribution in [1.29, 1.82) is 0 Å². The molecule has 5 heteroatoms. The molecule has 0 amide bonds. The molecule has 0 aliphatic heterocycles. The minimum Gasteiger partial charge on any atom is -0.390 e. The van der Waals surface area contributed by atoms with Gasteiger partial charge in [0, 0.05) is 28.2 Å². The Hall–Kier alpha value is -0.740. The van der Waals surface area contributed by atoms with Gasteiger partial charge in [0.05, 0.1) is 6.10 Å². The summed E-state index contributed by atoms with van der Waals surface area (Å²) in [5.41, 5.74) is 1.43. The molecule has 0 saturated heterocycles. The minimum absolute atomic E-state index is 0.294. The van der Waals surface area contributed by atoms with E-state index < -0.39 is 12.2 Å². The Labute approximate surface area is 109 Å². The first-order chi connectivity index (χ1) is 8.13. The molecule has 1 heterocycles. The number of aromatic amines is 1. The van der Waals surface area contributed by atoms with Crippen molar-refractivity contribution < 1.29 is 10.2 Å². The summed E-state index contributed by atoms with van der Waals surface area (Å²) >= 11 is 11.6. The molecule has 0 saturated carbocycles. The fourth-order valence-corrected chi connectivity index (χ4v) is 2.29. The van der Waals surface area contributed by atoms with Crippen LogP contribution in [0.15, 0.2) is 24.4 Å². The number of hydrogen-bond donors (Lipinski definition) is 3. The average Bonchev–Trinajstić information content (AvgIpc) is 2.74. The topological polar surface area (TPSA) is 56.2 Å². The number of benzene rings is 1. The van der Waals surface area contributed by atoms with Crippen molar-refractivity contribution in [3.8, 4) is 0 Å². The van der Waals surface area contributed by atoms with Gasteiger partial charge in [-0.15, -0.1) is 11.6 Å². The molecular formula is C12H13Cl2NO2. The van der Waals surface area contributed by atoms with Gasteiger partial charge in [-0.2, -0.15) is 0 Å². The summed E-state index contributed by atoms with van der Waals surface area (Å²) in [5.74, 6) is 0.294. The largest absolute Gasteiger partial charge is 0.390 e. The first-order valence-electron chi connectivity index (χ1n) is 5.32. The summed E-state index contributed by atoms with van der Waals surface area (Å²) in [6, 6.07) is 5.40. The van der Waals surface area contributed by atoms with E-state index in [1.165, 1.54) is 0 Å². The predicted octanol–water partition coefficient (Wildman–Crippen LogP) is 2.84. The van der Waals surface area contributed by atoms with Crippen molar-refractivity contribution in [3.05, 3.63) is 35.0 Å². The van der Waals surface area contributed by atoms with Crippen LogP contribution in [0.1, 0.15) is 18.1 Å². The van der Waals surface area contributed by atoms with Gasteiger partial charge in [0.15, 0.2) is 0 Å². The van der Waals surface area contributed by atoms with E-state index in [4.69, 9.17) is 23.2 Å². The molecule has 0 spiro atoms. The van der Waals surface area contributed by atoms with Crippen LogP contribution in [-0.4, -0.2) is 27.2 Å². The van der Waals surface area contributed by atoms with Gasteiger partial charge < -0.3 is 15.2 Å². The zero-order valence-corrected chi connectivity index (χ0v) is 10.5. The summed E-state index contributed by atoms with van der Waals surface area (Å²) in [4.78, 5) is 3.03. The fraction of sp³-hybridized carbons (Fsp3) is 0.333. The molecule has 3 N–H and O–H groups in total. The highest BCUT2D eigenvalue weighted by atomic mass is 35.5. The van der Waals surface area contributed by atoms with Crippen LogP contribution in [-0.2, 0) is 0 Å². The Balaban J connectivity index is 2.36. The second kappa shape index (κ2) is 5.27. The molecule has 2 rings (SSSR count). The van der Waals surface area contributed by atoms with Gasteiger partial charge in [-0.3, -0.25) is 0 Å². The second-order valence-electron chi connectivity index (χ2n) is 3.93. The third-order valence-electron chi connectivity index (χ3n) is 2.76. The lowest BCUT2D eigenvalue weighted by atomic mass is 10.0. The van der Waals surface area contributed by atoms with E-state index in [2.05, 4.69) is 4.98 Å². The number of rotatable bonds is 4. The molecule has 1 aromatic heterocycles. The van der Waals surface area contributed by atoms with Crippen LogP contribution < -0.4 is 0 Å². The van der Waals surface area contributed by atoms with Gasteiger partial charge in [-0.05, 0) is 30.0 Å². The molecule has 2 unspecified atom stereocenters. The lowest BCUT2D eigenvalue weighted by molar-refractivity contribution is 0.0171. The number of H-pyrrole nitrogens is 1. The molecule has 0 radical (unpaired) electrons. The van der Waals surface area contributed by atoms with E-state index in [9.17, 15) is 10.2 Å². The normalized spacial score (nSPS) is 15.1. The Morgan fingerprint density at radius 2 is 2.06 bits per heavy atom. The highest BCUT2D eigenvalue weighted by molar-refractivity contribution is 6.32. The van der Waals surface area contributed by atoms with Crippen LogP contribution in [0.25, 0.3) is 10.9 Å². The Kier molecular flexibility index (Phi) is 3.94. The minimum atomic E-state index is -1.01. The van der Waals surface area contributed by atoms with Gasteiger partial charge in [0.2, 0.25) is 0 Å². The van der Waals surface area contributed by atoms with E-state index in [-0.39, 0.29) is 0 Å². The first kappa shape index (κ1) is 12.7. The van der Waals surface area contributed by atoms with E-state index >= 15 is 0 Å². The van der Waals surface area contributed by atoms with Crippen LogP contribution in [0.5, 0.6) is 0 Å². The summed E-state index contributed by atoms with van der Waals surface area (Å²) in [5, 5.41) is 21.1. The smallest absolute Gasteiger partial charge is 0.106 e. The molecule has 0 aliphatic carbocycles. The number of aliphatic hydroxyl groups excluding tert-OH is 2. The number of halogens is 2. The first-order valence-corrected chi connectivity index (χ1v) is 6.23. The molecule has 2 aromatic rings. The van der Waals surface area contributed by atoms with Crippen molar-refractivity contribution in [1.82, 2.24) is 4.98 Å². The lowest BCUT2D eigenvalue weighted by Crippen LogP contribution is -2.19. The number of aromatic nitrogens is 1. The van der Waals surface area contributed by atoms with Crippen molar-refractivity contribution in [2.24, 2.45) is 0 Å². The maximum Gasteiger partial charge on any atom is 0.106 e. The summed E-state index contributed by atoms with van der Waals surface area (Å²) < 4.78 is 0. The van der Waals surface area contributed by atoms with E-state index in [0.717, 1.165) is 10.9 Å². The Morgan fingerprint density at radius 1 is 1.29 bits per heavy atom. The maximum atomic E-state index is 9.99. The molecule has 92 valence electrons. The van der Waals surface area contributed by atoms with Crippen LogP contribution in [0.4, 0.5) is 0 Å². The highest BCUT2D eigenvalue weighted by Crippen LogP contribution is 2.30. The zero-order chi connectivity index (χ0) is 12.4. The molecule has 2 atom stereocenters. The predicted molar refractivity (Wildman–Crippen MR) is 69.6 cm³/mol. The number of fused-ring (bicyclic) bond motifs is 1. The number of alkyl halides is 1. The highest BCUT2D eigenvalue weighted by Gasteiger charge is 2.20. The monoisotopic (exact) mass is 273 g/mol. The molecule has 0 aliphatic rings. The van der Waals surface area contributed by atoms with Crippen molar-refractivity contribution >= 4 is 34.1 Å². The van der Waals surface area contributed by atoms with Crippen LogP contribution >= 0.6 is 23.2 Å². The summed E-state index contributed by atoms with van der Waals surface area (Å²) in [7, 11) is 0. The maximum absolute atomic E-state index is 9.99. The fourth-order valence-electron chi connectivity index (χ4n) is 1.80. The lowest BCUT2D eigenvalue weighted by Gasteiger charge is -2.18. The van der Waals surface area contributed by atoms with Gasteiger partial charge in [0.25, 0.3) is 0 Å². The molecule has 0 bridgehead atoms. The van der Waals surface area contributed by atoms with Gasteiger partial charge >= 0.3 is 0 Å². The standard InChI is InChI=1S/C12H13Cl2NO2/c13-3-1-11(16)12(17)8-5-7-2-4-15-10(7)6-9(8)14/h2,4-6,11-12,15-17H,1,3H2. The van der Waals surface area contributed by atoms with Crippen molar-refractivity contribution in [2.45, 2.75) is 18.6 Å². The van der Waals surface area contributed by atoms with Crippen molar-refractivity contribution in [2.75, 3.05) is 5.88 Å².